The summed E-state index contributed by atoms with van der Waals surface area (Å²) in [6.07, 6.45) is 6.80. The number of hydrogen-bond donors (Lipinski definition) is 0. The Balaban J connectivity index is 2.65. The Morgan fingerprint density at radius 2 is 1.08 bits per heavy atom. The fraction of sp³-hybridized carbons (Fsp3) is 0.304. The van der Waals surface area contributed by atoms with Crippen molar-refractivity contribution in [3.05, 3.63) is 83.9 Å². The summed E-state index contributed by atoms with van der Waals surface area (Å²) in [5, 5.41) is 0. The van der Waals surface area contributed by atoms with Crippen LogP contribution in [0.1, 0.15) is 37.8 Å². The Hall–Kier alpha value is -2.06. The van der Waals surface area contributed by atoms with E-state index in [1.165, 1.54) is 22.5 Å². The van der Waals surface area contributed by atoms with Crippen molar-refractivity contribution >= 4 is 19.6 Å². The summed E-state index contributed by atoms with van der Waals surface area (Å²) < 4.78 is 2.63. The van der Waals surface area contributed by atoms with Crippen molar-refractivity contribution in [1.82, 2.24) is 4.57 Å². The van der Waals surface area contributed by atoms with E-state index in [4.69, 9.17) is 0 Å². The predicted octanol–water partition coefficient (Wildman–Crippen LogP) is 7.03. The highest BCUT2D eigenvalue weighted by molar-refractivity contribution is 6.75. The van der Waals surface area contributed by atoms with Crippen molar-refractivity contribution < 1.29 is 0 Å². The zero-order valence-corrected chi connectivity index (χ0v) is 17.3. The Morgan fingerprint density at radius 3 is 1.36 bits per heavy atom. The van der Waals surface area contributed by atoms with Gasteiger partial charge in [-0.05, 0) is 24.0 Å². The molecule has 132 valence electrons. The molecular formula is C23H31NSi. The van der Waals surface area contributed by atoms with Crippen molar-refractivity contribution in [2.75, 3.05) is 0 Å². The fourth-order valence-electron chi connectivity index (χ4n) is 3.13. The topological polar surface area (TPSA) is 3.24 Å². The first-order chi connectivity index (χ1) is 12.0. The van der Waals surface area contributed by atoms with Crippen LogP contribution in [-0.2, 0) is 0 Å². The van der Waals surface area contributed by atoms with Crippen molar-refractivity contribution in [2.45, 2.75) is 46.3 Å². The molecule has 25 heavy (non-hydrogen) atoms. The highest BCUT2D eigenvalue weighted by atomic mass is 28.3. The fourth-order valence-corrected chi connectivity index (χ4v) is 5.02. The summed E-state index contributed by atoms with van der Waals surface area (Å²) in [4.78, 5) is 0. The molecule has 0 aliphatic carbocycles. The lowest BCUT2D eigenvalue weighted by atomic mass is 10.1. The van der Waals surface area contributed by atoms with Crippen LogP contribution >= 0.6 is 0 Å². The molecule has 2 rings (SSSR count). The van der Waals surface area contributed by atoms with Crippen LogP contribution in [0.25, 0.3) is 11.4 Å². The standard InChI is InChI=1S/C23H31NSi/c1-6-14-22(20-16-10-8-11-17-20)24(25(3,4)5)23(15-7-2)21-18-12-9-13-19-21/h8-19H,6-7H2,1-5H3/b22-14-,23-15+. The van der Waals surface area contributed by atoms with Gasteiger partial charge in [0.05, 0.1) is 0 Å². The zero-order valence-electron chi connectivity index (χ0n) is 16.3. The summed E-state index contributed by atoms with van der Waals surface area (Å²) in [6, 6.07) is 21.6. The Labute approximate surface area is 154 Å². The smallest absolute Gasteiger partial charge is 0.153 e. The molecule has 0 fully saturated rings. The Bertz CT molecular complexity index is 651. The zero-order chi connectivity index (χ0) is 18.3. The van der Waals surface area contributed by atoms with E-state index >= 15 is 0 Å². The summed E-state index contributed by atoms with van der Waals surface area (Å²) in [7, 11) is -1.66. The third-order valence-electron chi connectivity index (χ3n) is 4.09. The van der Waals surface area contributed by atoms with E-state index in [0.29, 0.717) is 0 Å². The summed E-state index contributed by atoms with van der Waals surface area (Å²) in [5.41, 5.74) is 5.27. The molecule has 1 nitrogen and oxygen atoms in total. The van der Waals surface area contributed by atoms with Gasteiger partial charge in [-0.1, -0.05) is 106 Å². The van der Waals surface area contributed by atoms with E-state index in [9.17, 15) is 0 Å². The lowest BCUT2D eigenvalue weighted by Gasteiger charge is -2.40. The lowest BCUT2D eigenvalue weighted by Crippen LogP contribution is -2.43. The van der Waals surface area contributed by atoms with Gasteiger partial charge in [0.2, 0.25) is 0 Å². The maximum Gasteiger partial charge on any atom is 0.153 e. The minimum absolute atomic E-state index is 1.03. The van der Waals surface area contributed by atoms with E-state index in [0.717, 1.165) is 12.8 Å². The van der Waals surface area contributed by atoms with Gasteiger partial charge in [-0.2, -0.15) is 0 Å². The maximum atomic E-state index is 2.63. The first kappa shape index (κ1) is 19.3. The largest absolute Gasteiger partial charge is 0.369 e. The van der Waals surface area contributed by atoms with Crippen molar-refractivity contribution in [3.8, 4) is 0 Å². The second kappa shape index (κ2) is 8.86. The molecule has 0 saturated carbocycles. The third-order valence-corrected chi connectivity index (χ3v) is 5.91. The highest BCUT2D eigenvalue weighted by Gasteiger charge is 2.30. The van der Waals surface area contributed by atoms with Gasteiger partial charge < -0.3 is 4.57 Å². The van der Waals surface area contributed by atoms with Crippen LogP contribution in [0.5, 0.6) is 0 Å². The molecule has 0 amide bonds. The summed E-state index contributed by atoms with van der Waals surface area (Å²) in [5.74, 6) is 0. The van der Waals surface area contributed by atoms with Crippen molar-refractivity contribution in [1.29, 1.82) is 0 Å². The van der Waals surface area contributed by atoms with Crippen LogP contribution in [-0.4, -0.2) is 12.8 Å². The minimum Gasteiger partial charge on any atom is -0.369 e. The summed E-state index contributed by atoms with van der Waals surface area (Å²) >= 11 is 0. The number of hydrogen-bond acceptors (Lipinski definition) is 1. The second-order valence-corrected chi connectivity index (χ2v) is 12.0. The van der Waals surface area contributed by atoms with Gasteiger partial charge in [-0.25, -0.2) is 0 Å². The second-order valence-electron chi connectivity index (χ2n) is 7.23. The van der Waals surface area contributed by atoms with Gasteiger partial charge in [0.15, 0.2) is 8.24 Å². The van der Waals surface area contributed by atoms with Gasteiger partial charge in [-0.3, -0.25) is 0 Å². The van der Waals surface area contributed by atoms with Gasteiger partial charge in [0, 0.05) is 11.4 Å². The molecule has 0 N–H and O–H groups in total. The highest BCUT2D eigenvalue weighted by Crippen LogP contribution is 2.35. The Morgan fingerprint density at radius 1 is 0.720 bits per heavy atom. The molecule has 0 spiro atoms. The molecule has 0 aliphatic rings. The van der Waals surface area contributed by atoms with Crippen molar-refractivity contribution in [2.24, 2.45) is 0 Å². The molecule has 0 aromatic heterocycles. The normalized spacial score (nSPS) is 13.0. The molecule has 0 saturated heterocycles. The first-order valence-electron chi connectivity index (χ1n) is 9.30. The number of rotatable bonds is 7. The molecule has 0 atom stereocenters. The van der Waals surface area contributed by atoms with E-state index in [-0.39, 0.29) is 0 Å². The maximum absolute atomic E-state index is 2.63. The van der Waals surface area contributed by atoms with Crippen LogP contribution in [0.3, 0.4) is 0 Å². The molecule has 2 heteroatoms. The quantitative estimate of drug-likeness (QED) is 0.485. The van der Waals surface area contributed by atoms with Crippen molar-refractivity contribution in [3.63, 3.8) is 0 Å². The molecule has 2 aromatic carbocycles. The predicted molar refractivity (Wildman–Crippen MR) is 115 cm³/mol. The Kier molecular flexibility index (Phi) is 6.83. The van der Waals surface area contributed by atoms with E-state index in [1.54, 1.807) is 0 Å². The van der Waals surface area contributed by atoms with Gasteiger partial charge in [-0.15, -0.1) is 0 Å². The number of allylic oxidation sites excluding steroid dienone is 2. The van der Waals surface area contributed by atoms with Crippen LogP contribution in [0.4, 0.5) is 0 Å². The molecular weight excluding hydrogens is 318 g/mol. The van der Waals surface area contributed by atoms with Gasteiger partial charge in [0.1, 0.15) is 0 Å². The van der Waals surface area contributed by atoms with E-state index in [2.05, 4.69) is 111 Å². The molecule has 0 unspecified atom stereocenters. The first-order valence-corrected chi connectivity index (χ1v) is 12.7. The lowest BCUT2D eigenvalue weighted by molar-refractivity contribution is 0.812. The molecule has 0 aliphatic heterocycles. The molecule has 0 radical (unpaired) electrons. The van der Waals surface area contributed by atoms with Crippen LogP contribution in [0, 0.1) is 0 Å². The van der Waals surface area contributed by atoms with Crippen LogP contribution in [0.15, 0.2) is 72.8 Å². The molecule has 0 bridgehead atoms. The number of benzene rings is 2. The minimum atomic E-state index is -1.66. The van der Waals surface area contributed by atoms with Gasteiger partial charge in [0.25, 0.3) is 0 Å². The molecule has 2 aromatic rings. The van der Waals surface area contributed by atoms with Crippen LogP contribution < -0.4 is 0 Å². The van der Waals surface area contributed by atoms with E-state index < -0.39 is 8.24 Å². The monoisotopic (exact) mass is 349 g/mol. The molecule has 0 heterocycles. The van der Waals surface area contributed by atoms with E-state index in [1.807, 2.05) is 0 Å². The number of nitrogens with zero attached hydrogens (tertiary/aromatic N) is 1. The summed E-state index contributed by atoms with van der Waals surface area (Å²) in [6.45, 7) is 11.7. The third kappa shape index (κ3) is 4.96. The van der Waals surface area contributed by atoms with Crippen LogP contribution in [0.2, 0.25) is 19.6 Å². The average molecular weight is 350 g/mol. The van der Waals surface area contributed by atoms with Gasteiger partial charge >= 0.3 is 0 Å². The SMILES string of the molecule is CC/C=C(/c1ccccc1)N(/C(=C/CC)c1ccccc1)[Si](C)(C)C. The average Bonchev–Trinajstić information content (AvgIpc) is 2.61.